The van der Waals surface area contributed by atoms with Gasteiger partial charge in [0.15, 0.2) is 0 Å². The topological polar surface area (TPSA) is 67.4 Å². The minimum absolute atomic E-state index is 0.187. The van der Waals surface area contributed by atoms with Crippen LogP contribution in [0.2, 0.25) is 0 Å². The lowest BCUT2D eigenvalue weighted by molar-refractivity contribution is 0.0501. The largest absolute Gasteiger partial charge is 0.444 e. The Morgan fingerprint density at radius 1 is 0.960 bits per heavy atom. The predicted molar refractivity (Wildman–Crippen MR) is 97.3 cm³/mol. The average Bonchev–Trinajstić information content (AvgIpc) is 2.58. The molecule has 0 aliphatic rings. The van der Waals surface area contributed by atoms with E-state index in [2.05, 4.69) is 10.6 Å². The zero-order chi connectivity index (χ0) is 18.3. The minimum atomic E-state index is -0.585. The van der Waals surface area contributed by atoms with Crippen LogP contribution in [-0.4, -0.2) is 24.1 Å². The van der Waals surface area contributed by atoms with Gasteiger partial charge in [0, 0.05) is 12.1 Å². The van der Waals surface area contributed by atoms with E-state index in [0.29, 0.717) is 5.56 Å². The number of carbonyl (C=O) groups is 2. The highest BCUT2D eigenvalue weighted by atomic mass is 16.6. The van der Waals surface area contributed by atoms with Crippen LogP contribution in [0.1, 0.15) is 42.7 Å². The Hall–Kier alpha value is -2.82. The van der Waals surface area contributed by atoms with Crippen LogP contribution in [0.4, 0.5) is 4.79 Å². The van der Waals surface area contributed by atoms with E-state index in [1.807, 2.05) is 48.5 Å². The first-order chi connectivity index (χ1) is 11.8. The molecule has 0 unspecified atom stereocenters. The summed E-state index contributed by atoms with van der Waals surface area (Å²) in [4.78, 5) is 24.4. The molecule has 0 heterocycles. The van der Waals surface area contributed by atoms with Crippen molar-refractivity contribution in [2.75, 3.05) is 6.54 Å². The second-order valence-corrected chi connectivity index (χ2v) is 6.69. The van der Waals surface area contributed by atoms with E-state index in [-0.39, 0.29) is 18.5 Å². The third kappa shape index (κ3) is 6.30. The Morgan fingerprint density at radius 3 is 2.08 bits per heavy atom. The van der Waals surface area contributed by atoms with Gasteiger partial charge in [0.1, 0.15) is 5.60 Å². The summed E-state index contributed by atoms with van der Waals surface area (Å²) < 4.78 is 5.32. The molecule has 0 aromatic heterocycles. The van der Waals surface area contributed by atoms with Gasteiger partial charge in [-0.1, -0.05) is 48.5 Å². The highest BCUT2D eigenvalue weighted by molar-refractivity contribution is 5.94. The molecule has 0 aliphatic carbocycles. The lowest BCUT2D eigenvalue weighted by Crippen LogP contribution is -2.40. The molecule has 0 fully saturated rings. The first kappa shape index (κ1) is 18.5. The number of nitrogens with one attached hydrogen (secondary N) is 2. The molecule has 1 atom stereocenters. The Balaban J connectivity index is 2.05. The van der Waals surface area contributed by atoms with Gasteiger partial charge < -0.3 is 15.4 Å². The molecule has 5 nitrogen and oxygen atoms in total. The second-order valence-electron chi connectivity index (χ2n) is 6.69. The molecule has 2 amide bonds. The molecule has 132 valence electrons. The maximum absolute atomic E-state index is 12.2. The number of rotatable bonds is 5. The van der Waals surface area contributed by atoms with Crippen LogP contribution in [0.5, 0.6) is 0 Å². The lowest BCUT2D eigenvalue weighted by atomic mass is 10.1. The summed E-state index contributed by atoms with van der Waals surface area (Å²) in [5, 5.41) is 5.68. The van der Waals surface area contributed by atoms with Crippen molar-refractivity contribution < 1.29 is 14.3 Å². The summed E-state index contributed by atoms with van der Waals surface area (Å²) in [6, 6.07) is 18.0. The Kier molecular flexibility index (Phi) is 6.17. The minimum Gasteiger partial charge on any atom is -0.444 e. The number of amides is 2. The van der Waals surface area contributed by atoms with Crippen molar-refractivity contribution in [3.05, 3.63) is 71.8 Å². The molecule has 0 saturated heterocycles. The van der Waals surface area contributed by atoms with Crippen LogP contribution in [0.15, 0.2) is 60.7 Å². The van der Waals surface area contributed by atoms with E-state index in [0.717, 1.165) is 5.56 Å². The third-order valence-electron chi connectivity index (χ3n) is 3.40. The number of benzene rings is 2. The van der Waals surface area contributed by atoms with Crippen molar-refractivity contribution >= 4 is 12.0 Å². The number of hydrogen-bond donors (Lipinski definition) is 2. The van der Waals surface area contributed by atoms with E-state index < -0.39 is 11.7 Å². The molecular formula is C20H24N2O3. The molecule has 5 heteroatoms. The van der Waals surface area contributed by atoms with Crippen molar-refractivity contribution in [1.29, 1.82) is 0 Å². The van der Waals surface area contributed by atoms with Gasteiger partial charge in [-0.3, -0.25) is 4.79 Å². The van der Waals surface area contributed by atoms with Gasteiger partial charge in [-0.2, -0.15) is 0 Å². The quantitative estimate of drug-likeness (QED) is 0.872. The molecule has 2 rings (SSSR count). The van der Waals surface area contributed by atoms with E-state index in [9.17, 15) is 9.59 Å². The molecule has 0 spiro atoms. The summed E-state index contributed by atoms with van der Waals surface area (Å²) in [6.07, 6.45) is -0.518. The molecule has 0 radical (unpaired) electrons. The average molecular weight is 340 g/mol. The zero-order valence-electron chi connectivity index (χ0n) is 14.8. The first-order valence-corrected chi connectivity index (χ1v) is 8.23. The van der Waals surface area contributed by atoms with Crippen molar-refractivity contribution in [2.24, 2.45) is 0 Å². The van der Waals surface area contributed by atoms with E-state index >= 15 is 0 Å². The van der Waals surface area contributed by atoms with E-state index in [4.69, 9.17) is 4.74 Å². The summed E-state index contributed by atoms with van der Waals surface area (Å²) in [5.74, 6) is -0.187. The fraction of sp³-hybridized carbons (Fsp3) is 0.300. The lowest BCUT2D eigenvalue weighted by Gasteiger charge is -2.24. The predicted octanol–water partition coefficient (Wildman–Crippen LogP) is 3.68. The Bertz CT molecular complexity index is 694. The SMILES string of the molecule is CC(C)(C)OC(=O)N[C@@H](CNC(=O)c1ccccc1)c1ccccc1. The second kappa shape index (κ2) is 8.33. The summed E-state index contributed by atoms with van der Waals surface area (Å²) >= 11 is 0. The number of ether oxygens (including phenoxy) is 1. The molecule has 2 aromatic carbocycles. The van der Waals surface area contributed by atoms with Gasteiger partial charge in [-0.25, -0.2) is 4.79 Å². The highest BCUT2D eigenvalue weighted by Gasteiger charge is 2.21. The van der Waals surface area contributed by atoms with E-state index in [1.165, 1.54) is 0 Å². The van der Waals surface area contributed by atoms with Crippen molar-refractivity contribution in [2.45, 2.75) is 32.4 Å². The normalized spacial score (nSPS) is 12.1. The van der Waals surface area contributed by atoms with Crippen LogP contribution in [-0.2, 0) is 4.74 Å². The Morgan fingerprint density at radius 2 is 1.52 bits per heavy atom. The third-order valence-corrected chi connectivity index (χ3v) is 3.40. The molecule has 0 aliphatic heterocycles. The van der Waals surface area contributed by atoms with Crippen molar-refractivity contribution in [1.82, 2.24) is 10.6 Å². The number of hydrogen-bond acceptors (Lipinski definition) is 3. The maximum Gasteiger partial charge on any atom is 0.408 e. The van der Waals surface area contributed by atoms with Crippen LogP contribution in [0.3, 0.4) is 0 Å². The Labute approximate surface area is 148 Å². The zero-order valence-corrected chi connectivity index (χ0v) is 14.8. The van der Waals surface area contributed by atoms with Crippen LogP contribution >= 0.6 is 0 Å². The maximum atomic E-state index is 12.2. The van der Waals surface area contributed by atoms with Crippen LogP contribution in [0, 0.1) is 0 Å². The molecule has 2 aromatic rings. The molecule has 0 bridgehead atoms. The van der Waals surface area contributed by atoms with Gasteiger partial charge in [0.2, 0.25) is 0 Å². The smallest absolute Gasteiger partial charge is 0.408 e. The summed E-state index contributed by atoms with van der Waals surface area (Å²) in [6.45, 7) is 5.68. The fourth-order valence-electron chi connectivity index (χ4n) is 2.27. The molecular weight excluding hydrogens is 316 g/mol. The first-order valence-electron chi connectivity index (χ1n) is 8.23. The van der Waals surface area contributed by atoms with Crippen molar-refractivity contribution in [3.8, 4) is 0 Å². The number of carbonyl (C=O) groups excluding carboxylic acids is 2. The van der Waals surface area contributed by atoms with E-state index in [1.54, 1.807) is 32.9 Å². The summed E-state index contributed by atoms with van der Waals surface area (Å²) in [5.41, 5.74) is 0.881. The van der Waals surface area contributed by atoms with Gasteiger partial charge in [-0.05, 0) is 38.5 Å². The fourth-order valence-corrected chi connectivity index (χ4v) is 2.27. The van der Waals surface area contributed by atoms with Crippen LogP contribution < -0.4 is 10.6 Å². The van der Waals surface area contributed by atoms with Gasteiger partial charge in [0.25, 0.3) is 5.91 Å². The molecule has 2 N–H and O–H groups in total. The van der Waals surface area contributed by atoms with Gasteiger partial charge in [0.05, 0.1) is 6.04 Å². The molecule has 25 heavy (non-hydrogen) atoms. The van der Waals surface area contributed by atoms with Crippen LogP contribution in [0.25, 0.3) is 0 Å². The van der Waals surface area contributed by atoms with Gasteiger partial charge in [-0.15, -0.1) is 0 Å². The summed E-state index contributed by atoms with van der Waals surface area (Å²) in [7, 11) is 0. The molecule has 0 saturated carbocycles. The standard InChI is InChI=1S/C20H24N2O3/c1-20(2,3)25-19(24)22-17(15-10-6-4-7-11-15)14-21-18(23)16-12-8-5-9-13-16/h4-13,17H,14H2,1-3H3,(H,21,23)(H,22,24)/t17-/m0/s1. The van der Waals surface area contributed by atoms with Crippen molar-refractivity contribution in [3.63, 3.8) is 0 Å². The monoisotopic (exact) mass is 340 g/mol. The van der Waals surface area contributed by atoms with Gasteiger partial charge >= 0.3 is 6.09 Å². The highest BCUT2D eigenvalue weighted by Crippen LogP contribution is 2.14. The number of alkyl carbamates (subject to hydrolysis) is 1.